The molecular formula is C15H17BrN2O3S. The van der Waals surface area contributed by atoms with Gasteiger partial charge in [-0.25, -0.2) is 4.99 Å². The van der Waals surface area contributed by atoms with Crippen LogP contribution in [-0.2, 0) is 14.3 Å². The van der Waals surface area contributed by atoms with Gasteiger partial charge in [0, 0.05) is 17.3 Å². The standard InChI is InChI=1S/C15H17BrN2O3S/c1-9-12(14(19)21-7-6-20-2)13(18-15(22)17-9)10-4-3-5-11(16)8-10/h3-5,8,12-13H,6-7H2,1-2H3,(H,18,22). The first-order valence-corrected chi connectivity index (χ1v) is 7.99. The molecule has 0 radical (unpaired) electrons. The van der Waals surface area contributed by atoms with Crippen molar-refractivity contribution in [2.24, 2.45) is 10.9 Å². The SMILES string of the molecule is COCCOC(=O)C1C(C)=NC(=S)NC1c1cccc(Br)c1. The highest BCUT2D eigenvalue weighted by Crippen LogP contribution is 2.29. The van der Waals surface area contributed by atoms with Crippen molar-refractivity contribution in [2.45, 2.75) is 13.0 Å². The Hall–Kier alpha value is -1.31. The summed E-state index contributed by atoms with van der Waals surface area (Å²) >= 11 is 8.60. The normalized spacial score (nSPS) is 21.0. The van der Waals surface area contributed by atoms with Crippen LogP contribution in [0.5, 0.6) is 0 Å². The van der Waals surface area contributed by atoms with Crippen LogP contribution >= 0.6 is 28.1 Å². The fraction of sp³-hybridized carbons (Fsp3) is 0.400. The number of aliphatic imine (C=N–C) groups is 1. The molecule has 2 rings (SSSR count). The molecule has 0 aromatic heterocycles. The number of halogens is 1. The van der Waals surface area contributed by atoms with Crippen LogP contribution in [0.4, 0.5) is 0 Å². The van der Waals surface area contributed by atoms with Crippen molar-refractivity contribution in [3.05, 3.63) is 34.3 Å². The molecular weight excluding hydrogens is 368 g/mol. The van der Waals surface area contributed by atoms with Crippen LogP contribution in [0, 0.1) is 5.92 Å². The number of esters is 1. The molecule has 1 aliphatic rings. The smallest absolute Gasteiger partial charge is 0.317 e. The molecule has 1 N–H and O–H groups in total. The van der Waals surface area contributed by atoms with E-state index in [1.807, 2.05) is 24.3 Å². The first-order chi connectivity index (χ1) is 10.5. The molecule has 1 aromatic rings. The first kappa shape index (κ1) is 17.1. The average Bonchev–Trinajstić information content (AvgIpc) is 2.46. The van der Waals surface area contributed by atoms with Gasteiger partial charge in [-0.2, -0.15) is 0 Å². The molecule has 0 amide bonds. The Morgan fingerprint density at radius 2 is 2.23 bits per heavy atom. The van der Waals surface area contributed by atoms with E-state index >= 15 is 0 Å². The number of benzene rings is 1. The number of nitrogens with zero attached hydrogens (tertiary/aromatic N) is 1. The highest BCUT2D eigenvalue weighted by Gasteiger charge is 2.36. The lowest BCUT2D eigenvalue weighted by molar-refractivity contribution is -0.148. The second-order valence-electron chi connectivity index (χ2n) is 4.87. The van der Waals surface area contributed by atoms with Gasteiger partial charge in [-0.1, -0.05) is 28.1 Å². The summed E-state index contributed by atoms with van der Waals surface area (Å²) in [6, 6.07) is 7.45. The van der Waals surface area contributed by atoms with Crippen LogP contribution in [0.2, 0.25) is 0 Å². The fourth-order valence-electron chi connectivity index (χ4n) is 2.32. The molecule has 0 spiro atoms. The highest BCUT2D eigenvalue weighted by molar-refractivity contribution is 9.10. The van der Waals surface area contributed by atoms with Gasteiger partial charge in [-0.3, -0.25) is 4.79 Å². The summed E-state index contributed by atoms with van der Waals surface area (Å²) in [6.45, 7) is 2.37. The molecule has 0 saturated carbocycles. The lowest BCUT2D eigenvalue weighted by Crippen LogP contribution is -2.44. The van der Waals surface area contributed by atoms with Crippen LogP contribution in [0.3, 0.4) is 0 Å². The second kappa shape index (κ2) is 7.80. The Kier molecular flexibility index (Phi) is 6.05. The van der Waals surface area contributed by atoms with E-state index in [0.717, 1.165) is 10.0 Å². The van der Waals surface area contributed by atoms with Gasteiger partial charge < -0.3 is 14.8 Å². The van der Waals surface area contributed by atoms with Gasteiger partial charge >= 0.3 is 5.97 Å². The van der Waals surface area contributed by atoms with E-state index in [1.165, 1.54) is 0 Å². The number of carbonyl (C=O) groups is 1. The lowest BCUT2D eigenvalue weighted by atomic mass is 9.88. The van der Waals surface area contributed by atoms with Gasteiger partial charge in [0.25, 0.3) is 0 Å². The van der Waals surface area contributed by atoms with Crippen LogP contribution in [0.25, 0.3) is 0 Å². The van der Waals surface area contributed by atoms with Gasteiger partial charge in [0.15, 0.2) is 5.11 Å². The Labute approximate surface area is 143 Å². The van der Waals surface area contributed by atoms with Crippen molar-refractivity contribution >= 4 is 44.9 Å². The summed E-state index contributed by atoms with van der Waals surface area (Å²) < 4.78 is 11.1. The summed E-state index contributed by atoms with van der Waals surface area (Å²) in [5.74, 6) is -0.851. The topological polar surface area (TPSA) is 59.9 Å². The zero-order valence-corrected chi connectivity index (χ0v) is 14.7. The quantitative estimate of drug-likeness (QED) is 0.480. The maximum atomic E-state index is 12.4. The van der Waals surface area contributed by atoms with Crippen LogP contribution in [0.15, 0.2) is 33.7 Å². The Morgan fingerprint density at radius 1 is 1.45 bits per heavy atom. The minimum atomic E-state index is -0.516. The maximum Gasteiger partial charge on any atom is 0.317 e. The van der Waals surface area contributed by atoms with E-state index in [9.17, 15) is 4.79 Å². The van der Waals surface area contributed by atoms with E-state index < -0.39 is 5.92 Å². The third kappa shape index (κ3) is 4.12. The molecule has 2 unspecified atom stereocenters. The highest BCUT2D eigenvalue weighted by atomic mass is 79.9. The molecule has 1 aromatic carbocycles. The molecule has 1 heterocycles. The minimum absolute atomic E-state index is 0.217. The van der Waals surface area contributed by atoms with E-state index in [4.69, 9.17) is 21.7 Å². The van der Waals surface area contributed by atoms with E-state index in [2.05, 4.69) is 26.2 Å². The third-order valence-electron chi connectivity index (χ3n) is 3.33. The number of thiocarbonyl (C=S) groups is 1. The molecule has 22 heavy (non-hydrogen) atoms. The van der Waals surface area contributed by atoms with Crippen molar-refractivity contribution in [1.29, 1.82) is 0 Å². The van der Waals surface area contributed by atoms with E-state index in [0.29, 0.717) is 17.4 Å². The number of hydrogen-bond donors (Lipinski definition) is 1. The second-order valence-corrected chi connectivity index (χ2v) is 6.18. The summed E-state index contributed by atoms with van der Waals surface area (Å²) in [4.78, 5) is 16.6. The van der Waals surface area contributed by atoms with Gasteiger partial charge in [0.2, 0.25) is 0 Å². The number of ether oxygens (including phenoxy) is 2. The van der Waals surface area contributed by atoms with Crippen LogP contribution in [-0.4, -0.2) is 37.1 Å². The molecule has 0 aliphatic carbocycles. The largest absolute Gasteiger partial charge is 0.463 e. The van der Waals surface area contributed by atoms with Gasteiger partial charge in [0.05, 0.1) is 12.6 Å². The predicted octanol–water partition coefficient (Wildman–Crippen LogP) is 2.65. The monoisotopic (exact) mass is 384 g/mol. The third-order valence-corrected chi connectivity index (χ3v) is 4.04. The number of carbonyl (C=O) groups excluding carboxylic acids is 1. The average molecular weight is 385 g/mol. The number of hydrogen-bond acceptors (Lipinski definition) is 4. The van der Waals surface area contributed by atoms with Gasteiger partial charge in [-0.05, 0) is 36.8 Å². The Balaban J connectivity index is 2.27. The van der Waals surface area contributed by atoms with Crippen molar-refractivity contribution in [3.8, 4) is 0 Å². The lowest BCUT2D eigenvalue weighted by Gasteiger charge is -2.31. The summed E-state index contributed by atoms with van der Waals surface area (Å²) in [7, 11) is 1.56. The minimum Gasteiger partial charge on any atom is -0.463 e. The van der Waals surface area contributed by atoms with Crippen molar-refractivity contribution in [1.82, 2.24) is 5.32 Å². The van der Waals surface area contributed by atoms with Crippen LogP contribution < -0.4 is 5.32 Å². The molecule has 2 atom stereocenters. The number of rotatable bonds is 5. The van der Waals surface area contributed by atoms with Gasteiger partial charge in [-0.15, -0.1) is 0 Å². The zero-order valence-electron chi connectivity index (χ0n) is 12.3. The maximum absolute atomic E-state index is 12.4. The first-order valence-electron chi connectivity index (χ1n) is 6.79. The molecule has 118 valence electrons. The molecule has 0 fully saturated rings. The predicted molar refractivity (Wildman–Crippen MR) is 92.1 cm³/mol. The summed E-state index contributed by atoms with van der Waals surface area (Å²) in [5.41, 5.74) is 1.59. The zero-order chi connectivity index (χ0) is 16.1. The fourth-order valence-corrected chi connectivity index (χ4v) is 3.01. The number of methoxy groups -OCH3 is 1. The summed E-state index contributed by atoms with van der Waals surface area (Å²) in [5, 5.41) is 3.48. The van der Waals surface area contributed by atoms with E-state index in [1.54, 1.807) is 14.0 Å². The van der Waals surface area contributed by atoms with Crippen molar-refractivity contribution < 1.29 is 14.3 Å². The van der Waals surface area contributed by atoms with E-state index in [-0.39, 0.29) is 18.6 Å². The molecule has 5 nitrogen and oxygen atoms in total. The summed E-state index contributed by atoms with van der Waals surface area (Å²) in [6.07, 6.45) is 0. The van der Waals surface area contributed by atoms with Crippen LogP contribution in [0.1, 0.15) is 18.5 Å². The molecule has 0 bridgehead atoms. The van der Waals surface area contributed by atoms with Crippen molar-refractivity contribution in [3.63, 3.8) is 0 Å². The number of nitrogens with one attached hydrogen (secondary N) is 1. The molecule has 7 heteroatoms. The Bertz CT molecular complexity index is 606. The van der Waals surface area contributed by atoms with Gasteiger partial charge in [0.1, 0.15) is 12.5 Å². The molecule has 0 saturated heterocycles. The Morgan fingerprint density at radius 3 is 2.91 bits per heavy atom. The van der Waals surface area contributed by atoms with Crippen molar-refractivity contribution in [2.75, 3.05) is 20.3 Å². The molecule has 1 aliphatic heterocycles.